The summed E-state index contributed by atoms with van der Waals surface area (Å²) in [6, 6.07) is -5.64. The number of amides is 7. The minimum atomic E-state index is -1.47. The molecule has 0 saturated heterocycles. The fourth-order valence-electron chi connectivity index (χ4n) is 7.30. The van der Waals surface area contributed by atoms with Crippen molar-refractivity contribution in [1.29, 1.82) is 0 Å². The predicted molar refractivity (Wildman–Crippen MR) is 275 cm³/mol. The molecule has 0 aliphatic carbocycles. The van der Waals surface area contributed by atoms with Crippen LogP contribution in [-0.2, 0) is 76.5 Å². The molecule has 7 amide bonds. The fraction of sp³-hybridized carbons (Fsp3) is 0.760. The Kier molecular flexibility index (Phi) is 42.7. The molecule has 0 bridgehead atoms. The number of carboxylic acids is 5. The van der Waals surface area contributed by atoms with Crippen LogP contribution in [0.3, 0.4) is 0 Å². The van der Waals surface area contributed by atoms with Gasteiger partial charge in [-0.05, 0) is 38.5 Å². The van der Waals surface area contributed by atoms with Gasteiger partial charge in [0, 0.05) is 51.6 Å². The van der Waals surface area contributed by atoms with Crippen molar-refractivity contribution in [2.75, 3.05) is 65.9 Å². The lowest BCUT2D eigenvalue weighted by Gasteiger charge is -2.17. The molecule has 0 spiro atoms. The van der Waals surface area contributed by atoms with Crippen molar-refractivity contribution in [3.63, 3.8) is 0 Å². The van der Waals surface area contributed by atoms with Crippen LogP contribution in [0, 0.1) is 0 Å². The van der Waals surface area contributed by atoms with E-state index in [2.05, 4.69) is 31.9 Å². The molecule has 13 N–H and O–H groups in total. The van der Waals surface area contributed by atoms with Crippen LogP contribution in [0.25, 0.3) is 0 Å². The first kappa shape index (κ1) is 71.5. The maximum absolute atomic E-state index is 12.5. The first-order valence-corrected chi connectivity index (χ1v) is 26.6. The van der Waals surface area contributed by atoms with E-state index in [0.29, 0.717) is 6.42 Å². The average molecular weight is 1120 g/mol. The minimum Gasteiger partial charge on any atom is -0.481 e. The minimum absolute atomic E-state index is 0.0255. The number of carboxylic acid groups (broad SMARTS) is 5. The largest absolute Gasteiger partial charge is 0.481 e. The van der Waals surface area contributed by atoms with E-state index < -0.39 is 108 Å². The average Bonchev–Trinajstić information content (AvgIpc) is 3.37. The van der Waals surface area contributed by atoms with Gasteiger partial charge in [0.2, 0.25) is 41.4 Å². The number of rotatable bonds is 53. The lowest BCUT2D eigenvalue weighted by atomic mass is 10.0. The van der Waals surface area contributed by atoms with Crippen LogP contribution in [0.4, 0.5) is 0 Å². The number of carbonyl (C=O) groups is 12. The number of aliphatic carboxylic acids is 5. The molecule has 446 valence electrons. The van der Waals surface area contributed by atoms with Crippen molar-refractivity contribution in [2.45, 2.75) is 178 Å². The van der Waals surface area contributed by atoms with Gasteiger partial charge in [0.25, 0.3) is 0 Å². The number of carbonyl (C=O) groups excluding carboxylic acids is 7. The van der Waals surface area contributed by atoms with Gasteiger partial charge >= 0.3 is 29.8 Å². The molecule has 0 radical (unpaired) electrons. The van der Waals surface area contributed by atoms with E-state index in [9.17, 15) is 78.0 Å². The van der Waals surface area contributed by atoms with Crippen LogP contribution in [0.1, 0.15) is 154 Å². The second-order valence-electron chi connectivity index (χ2n) is 18.3. The second kappa shape index (κ2) is 46.6. The summed E-state index contributed by atoms with van der Waals surface area (Å²) in [5.41, 5.74) is 5.00. The van der Waals surface area contributed by atoms with Crippen molar-refractivity contribution in [3.05, 3.63) is 0 Å². The maximum Gasteiger partial charge on any atom is 0.326 e. The summed E-state index contributed by atoms with van der Waals surface area (Å²) < 4.78 is 21.0. The Morgan fingerprint density at radius 2 is 0.615 bits per heavy atom. The van der Waals surface area contributed by atoms with Gasteiger partial charge in [-0.1, -0.05) is 77.0 Å². The smallest absolute Gasteiger partial charge is 0.326 e. The number of hydrogen-bond donors (Lipinski definition) is 12. The van der Waals surface area contributed by atoms with Gasteiger partial charge in [0.05, 0.1) is 39.6 Å². The van der Waals surface area contributed by atoms with E-state index in [-0.39, 0.29) is 117 Å². The van der Waals surface area contributed by atoms with E-state index in [4.69, 9.17) is 29.8 Å². The number of unbranched alkanes of at least 4 members (excludes halogenated alkanes) is 13. The van der Waals surface area contributed by atoms with E-state index in [1.807, 2.05) is 0 Å². The molecular formula is C50H85N7O21. The lowest BCUT2D eigenvalue weighted by Crippen LogP contribution is -2.45. The molecular weight excluding hydrogens is 1030 g/mol. The van der Waals surface area contributed by atoms with E-state index in [1.165, 1.54) is 25.7 Å². The first-order chi connectivity index (χ1) is 37.2. The van der Waals surface area contributed by atoms with Gasteiger partial charge in [0.15, 0.2) is 0 Å². The van der Waals surface area contributed by atoms with Crippen LogP contribution in [-0.4, -0.2) is 187 Å². The van der Waals surface area contributed by atoms with Crippen LogP contribution in [0.15, 0.2) is 0 Å². The topological polar surface area (TPSA) is 441 Å². The highest BCUT2D eigenvalue weighted by molar-refractivity contribution is 5.88. The van der Waals surface area contributed by atoms with Crippen molar-refractivity contribution in [3.8, 4) is 0 Å². The van der Waals surface area contributed by atoms with Crippen molar-refractivity contribution < 1.29 is 102 Å². The first-order valence-electron chi connectivity index (χ1n) is 26.6. The molecule has 0 aliphatic rings. The quantitative estimate of drug-likeness (QED) is 0.0369. The van der Waals surface area contributed by atoms with Crippen LogP contribution < -0.4 is 37.6 Å². The molecule has 0 fully saturated rings. The third kappa shape index (κ3) is 43.6. The van der Waals surface area contributed by atoms with Crippen molar-refractivity contribution in [1.82, 2.24) is 31.9 Å². The summed E-state index contributed by atoms with van der Waals surface area (Å²) in [6.07, 6.45) is 12.2. The summed E-state index contributed by atoms with van der Waals surface area (Å²) in [7, 11) is 0. The molecule has 0 unspecified atom stereocenters. The molecule has 4 atom stereocenters. The van der Waals surface area contributed by atoms with Crippen molar-refractivity contribution >= 4 is 71.2 Å². The third-order valence-corrected chi connectivity index (χ3v) is 11.6. The monoisotopic (exact) mass is 1120 g/mol. The van der Waals surface area contributed by atoms with Crippen LogP contribution >= 0.6 is 0 Å². The molecule has 28 heteroatoms. The number of primary amides is 1. The van der Waals surface area contributed by atoms with E-state index in [0.717, 1.165) is 57.8 Å². The second-order valence-corrected chi connectivity index (χ2v) is 18.3. The number of ether oxygens (including phenoxy) is 4. The maximum atomic E-state index is 12.5. The number of nitrogens with one attached hydrogen (secondary N) is 6. The molecule has 0 aromatic carbocycles. The SMILES string of the molecule is NC(=O)CC[C@H](NC(=O)CC[C@H](NC(=O)COCCOCCNC(=O)COCCOCCNC(=O)CC[C@H](NC(=O)CC[C@H](NC(=O)CCCCCCCCCCCCCCCCC(=O)O)C(=O)O)C(=O)O)C(=O)O)C(=O)O. The molecule has 0 aromatic rings. The Bertz CT molecular complexity index is 1840. The third-order valence-electron chi connectivity index (χ3n) is 11.6. The summed E-state index contributed by atoms with van der Waals surface area (Å²) in [6.45, 7) is -0.375. The Balaban J connectivity index is 4.05. The molecule has 0 heterocycles. The van der Waals surface area contributed by atoms with Gasteiger partial charge in [-0.2, -0.15) is 0 Å². The lowest BCUT2D eigenvalue weighted by molar-refractivity contribution is -0.144. The van der Waals surface area contributed by atoms with Crippen molar-refractivity contribution in [2.24, 2.45) is 5.73 Å². The summed E-state index contributed by atoms with van der Waals surface area (Å²) in [4.78, 5) is 141. The van der Waals surface area contributed by atoms with Gasteiger partial charge < -0.3 is 82.1 Å². The molecule has 0 rings (SSSR count). The van der Waals surface area contributed by atoms with Gasteiger partial charge in [0.1, 0.15) is 37.4 Å². The fourth-order valence-corrected chi connectivity index (χ4v) is 7.30. The van der Waals surface area contributed by atoms with Crippen LogP contribution in [0.5, 0.6) is 0 Å². The van der Waals surface area contributed by atoms with Gasteiger partial charge in [-0.15, -0.1) is 0 Å². The zero-order valence-electron chi connectivity index (χ0n) is 44.7. The number of hydrogen-bond acceptors (Lipinski definition) is 16. The summed E-state index contributed by atoms with van der Waals surface area (Å²) >= 11 is 0. The van der Waals surface area contributed by atoms with Gasteiger partial charge in [-0.3, -0.25) is 38.4 Å². The molecule has 0 aromatic heterocycles. The molecule has 0 aliphatic heterocycles. The van der Waals surface area contributed by atoms with Crippen LogP contribution in [0.2, 0.25) is 0 Å². The Morgan fingerprint density at radius 3 is 0.987 bits per heavy atom. The zero-order valence-corrected chi connectivity index (χ0v) is 44.7. The highest BCUT2D eigenvalue weighted by Crippen LogP contribution is 2.14. The normalized spacial score (nSPS) is 12.5. The standard InChI is InChI=1S/C50H85N7O21/c51-39(58)21-17-35(47(67)68)55-42(61)24-20-38(50(73)74)57-45(64)34-78-32-30-76-28-26-53-44(63)33-77-31-29-75-27-25-52-40(59)22-18-36(48(69)70)56-43(62)23-19-37(49(71)72)54-41(60)15-13-11-9-7-5-3-1-2-4-6-8-10-12-14-16-46(65)66/h35-38H,1-34H2,(H2,51,58)(H,52,59)(H,53,63)(H,54,60)(H,55,61)(H,56,62)(H,57,64)(H,65,66)(H,67,68)(H,69,70)(H,71,72)(H,73,74)/t35-,36-,37-,38-/m0/s1. The number of nitrogens with two attached hydrogens (primary N) is 1. The van der Waals surface area contributed by atoms with E-state index in [1.54, 1.807) is 0 Å². The molecule has 0 saturated carbocycles. The highest BCUT2D eigenvalue weighted by Gasteiger charge is 2.26. The summed E-state index contributed by atoms with van der Waals surface area (Å²) in [5, 5.41) is 60.6. The zero-order chi connectivity index (χ0) is 58.4. The van der Waals surface area contributed by atoms with Gasteiger partial charge in [-0.25, -0.2) is 19.2 Å². The highest BCUT2D eigenvalue weighted by atomic mass is 16.5. The predicted octanol–water partition coefficient (Wildman–Crippen LogP) is 0.495. The molecule has 28 nitrogen and oxygen atoms in total. The Morgan fingerprint density at radius 1 is 0.321 bits per heavy atom. The van der Waals surface area contributed by atoms with E-state index >= 15 is 0 Å². The Labute approximate surface area is 454 Å². The summed E-state index contributed by atoms with van der Waals surface area (Å²) in [5.74, 6) is -10.8. The molecule has 78 heavy (non-hydrogen) atoms. The Hall–Kier alpha value is -6.52.